The highest BCUT2D eigenvalue weighted by atomic mass is 16.5. The van der Waals surface area contributed by atoms with Gasteiger partial charge in [0.05, 0.1) is 18.7 Å². The lowest BCUT2D eigenvalue weighted by Crippen LogP contribution is -2.36. The van der Waals surface area contributed by atoms with Gasteiger partial charge in [-0.15, -0.1) is 0 Å². The van der Waals surface area contributed by atoms with Gasteiger partial charge in [-0.2, -0.15) is 10.1 Å². The molecule has 1 amide bonds. The van der Waals surface area contributed by atoms with Gasteiger partial charge in [-0.1, -0.05) is 31.8 Å². The summed E-state index contributed by atoms with van der Waals surface area (Å²) in [6.07, 6.45) is 8.10. The van der Waals surface area contributed by atoms with Crippen LogP contribution in [0.5, 0.6) is 0 Å². The standard InChI is InChI=1S/C17H25N5O2/c1-12(2)17-19-16(20-24-17)14-7-5-4-6-8-22(14)15(23)9-13-10-18-21(3)11-13/h10-12,14H,4-9H2,1-3H3/t14-/m1/s1. The van der Waals surface area contributed by atoms with Crippen LogP contribution in [0, 0.1) is 0 Å². The molecule has 1 aliphatic rings. The first-order valence-electron chi connectivity index (χ1n) is 8.65. The Kier molecular flexibility index (Phi) is 4.97. The summed E-state index contributed by atoms with van der Waals surface area (Å²) in [5, 5.41) is 8.29. The summed E-state index contributed by atoms with van der Waals surface area (Å²) in [7, 11) is 1.86. The fourth-order valence-electron chi connectivity index (χ4n) is 3.13. The lowest BCUT2D eigenvalue weighted by molar-refractivity contribution is -0.133. The molecule has 7 heteroatoms. The molecule has 0 aromatic carbocycles. The molecule has 3 heterocycles. The SMILES string of the molecule is CC(C)c1nc([C@H]2CCCCCN2C(=O)Cc2cnn(C)c2)no1. The molecule has 1 saturated heterocycles. The van der Waals surface area contributed by atoms with E-state index in [2.05, 4.69) is 15.2 Å². The number of amides is 1. The largest absolute Gasteiger partial charge is 0.339 e. The summed E-state index contributed by atoms with van der Waals surface area (Å²) < 4.78 is 7.08. The highest BCUT2D eigenvalue weighted by Gasteiger charge is 2.30. The van der Waals surface area contributed by atoms with Crippen LogP contribution in [-0.4, -0.2) is 37.3 Å². The monoisotopic (exact) mass is 331 g/mol. The first kappa shape index (κ1) is 16.7. The average molecular weight is 331 g/mol. The topological polar surface area (TPSA) is 77.1 Å². The van der Waals surface area contributed by atoms with Gasteiger partial charge in [-0.05, 0) is 18.4 Å². The number of likely N-dealkylation sites (tertiary alicyclic amines) is 1. The fraction of sp³-hybridized carbons (Fsp3) is 0.647. The third-order valence-electron chi connectivity index (χ3n) is 4.44. The van der Waals surface area contributed by atoms with Gasteiger partial charge in [-0.3, -0.25) is 9.48 Å². The maximum absolute atomic E-state index is 12.9. The van der Waals surface area contributed by atoms with Crippen molar-refractivity contribution in [3.05, 3.63) is 29.7 Å². The minimum absolute atomic E-state index is 0.0899. The van der Waals surface area contributed by atoms with E-state index < -0.39 is 0 Å². The molecule has 2 aromatic heterocycles. The zero-order valence-corrected chi connectivity index (χ0v) is 14.6. The molecule has 0 unspecified atom stereocenters. The van der Waals surface area contributed by atoms with Crippen LogP contribution in [0.2, 0.25) is 0 Å². The number of nitrogens with zero attached hydrogens (tertiary/aromatic N) is 5. The molecule has 1 aliphatic heterocycles. The van der Waals surface area contributed by atoms with Crippen molar-refractivity contribution in [2.45, 2.75) is 57.9 Å². The third kappa shape index (κ3) is 3.66. The van der Waals surface area contributed by atoms with Crippen LogP contribution >= 0.6 is 0 Å². The van der Waals surface area contributed by atoms with E-state index in [1.807, 2.05) is 32.0 Å². The molecular formula is C17H25N5O2. The van der Waals surface area contributed by atoms with E-state index in [1.54, 1.807) is 10.9 Å². The maximum atomic E-state index is 12.9. The first-order valence-corrected chi connectivity index (χ1v) is 8.65. The Morgan fingerprint density at radius 1 is 1.38 bits per heavy atom. The van der Waals surface area contributed by atoms with E-state index in [0.717, 1.165) is 37.8 Å². The van der Waals surface area contributed by atoms with Gasteiger partial charge in [0.1, 0.15) is 0 Å². The molecule has 3 rings (SSSR count). The van der Waals surface area contributed by atoms with Crippen molar-refractivity contribution < 1.29 is 9.32 Å². The van der Waals surface area contributed by atoms with Gasteiger partial charge in [-0.25, -0.2) is 0 Å². The van der Waals surface area contributed by atoms with Crippen LogP contribution in [0.4, 0.5) is 0 Å². The van der Waals surface area contributed by atoms with Crippen molar-refractivity contribution in [2.75, 3.05) is 6.54 Å². The number of aryl methyl sites for hydroxylation is 1. The molecule has 7 nitrogen and oxygen atoms in total. The Bertz CT molecular complexity index is 691. The molecule has 0 N–H and O–H groups in total. The Hall–Kier alpha value is -2.18. The number of aromatic nitrogens is 4. The summed E-state index contributed by atoms with van der Waals surface area (Å²) in [6, 6.07) is -0.0899. The van der Waals surface area contributed by atoms with Crippen molar-refractivity contribution in [1.29, 1.82) is 0 Å². The van der Waals surface area contributed by atoms with Crippen LogP contribution < -0.4 is 0 Å². The number of rotatable bonds is 4. The van der Waals surface area contributed by atoms with E-state index in [1.165, 1.54) is 0 Å². The van der Waals surface area contributed by atoms with Gasteiger partial charge >= 0.3 is 0 Å². The van der Waals surface area contributed by atoms with Crippen molar-refractivity contribution in [2.24, 2.45) is 7.05 Å². The molecule has 1 fully saturated rings. The van der Waals surface area contributed by atoms with Gasteiger partial charge < -0.3 is 9.42 Å². The lowest BCUT2D eigenvalue weighted by Gasteiger charge is -2.27. The molecule has 0 bridgehead atoms. The molecule has 0 spiro atoms. The van der Waals surface area contributed by atoms with Gasteiger partial charge in [0, 0.05) is 25.7 Å². The molecule has 24 heavy (non-hydrogen) atoms. The van der Waals surface area contributed by atoms with E-state index in [-0.39, 0.29) is 17.9 Å². The first-order chi connectivity index (χ1) is 11.5. The highest BCUT2D eigenvalue weighted by Crippen LogP contribution is 2.29. The van der Waals surface area contributed by atoms with Crippen molar-refractivity contribution in [1.82, 2.24) is 24.8 Å². The summed E-state index contributed by atoms with van der Waals surface area (Å²) in [4.78, 5) is 19.3. The molecule has 0 aliphatic carbocycles. The number of carbonyl (C=O) groups is 1. The van der Waals surface area contributed by atoms with Crippen LogP contribution in [0.15, 0.2) is 16.9 Å². The van der Waals surface area contributed by atoms with E-state index in [4.69, 9.17) is 4.52 Å². The van der Waals surface area contributed by atoms with E-state index in [0.29, 0.717) is 18.1 Å². The summed E-state index contributed by atoms with van der Waals surface area (Å²) >= 11 is 0. The molecule has 0 radical (unpaired) electrons. The predicted octanol–water partition coefficient (Wildman–Crippen LogP) is 2.61. The second-order valence-electron chi connectivity index (χ2n) is 6.80. The molecular weight excluding hydrogens is 306 g/mol. The fourth-order valence-corrected chi connectivity index (χ4v) is 3.13. The van der Waals surface area contributed by atoms with Crippen molar-refractivity contribution in [3.63, 3.8) is 0 Å². The summed E-state index contributed by atoms with van der Waals surface area (Å²) in [6.45, 7) is 4.79. The Morgan fingerprint density at radius 2 is 2.21 bits per heavy atom. The van der Waals surface area contributed by atoms with Crippen molar-refractivity contribution in [3.8, 4) is 0 Å². The normalized spacial score (nSPS) is 18.8. The number of carbonyl (C=O) groups excluding carboxylic acids is 1. The average Bonchev–Trinajstić information content (AvgIpc) is 3.10. The second kappa shape index (κ2) is 7.15. The zero-order chi connectivity index (χ0) is 17.1. The van der Waals surface area contributed by atoms with E-state index >= 15 is 0 Å². The van der Waals surface area contributed by atoms with Crippen LogP contribution in [0.1, 0.15) is 68.8 Å². The highest BCUT2D eigenvalue weighted by molar-refractivity contribution is 5.79. The third-order valence-corrected chi connectivity index (χ3v) is 4.44. The molecule has 1 atom stereocenters. The smallest absolute Gasteiger partial charge is 0.229 e. The van der Waals surface area contributed by atoms with Crippen LogP contribution in [0.3, 0.4) is 0 Å². The quantitative estimate of drug-likeness (QED) is 0.860. The summed E-state index contributed by atoms with van der Waals surface area (Å²) in [5.74, 6) is 1.57. The predicted molar refractivity (Wildman–Crippen MR) is 88.2 cm³/mol. The van der Waals surface area contributed by atoms with Crippen LogP contribution in [-0.2, 0) is 18.3 Å². The maximum Gasteiger partial charge on any atom is 0.229 e. The molecule has 2 aromatic rings. The minimum Gasteiger partial charge on any atom is -0.339 e. The van der Waals surface area contributed by atoms with Gasteiger partial charge in [0.2, 0.25) is 11.8 Å². The Morgan fingerprint density at radius 3 is 2.88 bits per heavy atom. The Labute approximate surface area is 142 Å². The number of hydrogen-bond donors (Lipinski definition) is 0. The van der Waals surface area contributed by atoms with Crippen LogP contribution in [0.25, 0.3) is 0 Å². The lowest BCUT2D eigenvalue weighted by atomic mass is 10.1. The van der Waals surface area contributed by atoms with E-state index in [9.17, 15) is 4.79 Å². The molecule has 0 saturated carbocycles. The molecule has 130 valence electrons. The Balaban J connectivity index is 1.79. The minimum atomic E-state index is -0.0899. The zero-order valence-electron chi connectivity index (χ0n) is 14.6. The summed E-state index contributed by atoms with van der Waals surface area (Å²) in [5.41, 5.74) is 0.932. The van der Waals surface area contributed by atoms with Gasteiger partial charge in [0.25, 0.3) is 0 Å². The number of hydrogen-bond acceptors (Lipinski definition) is 5. The van der Waals surface area contributed by atoms with Gasteiger partial charge in [0.15, 0.2) is 5.82 Å². The second-order valence-corrected chi connectivity index (χ2v) is 6.80. The van der Waals surface area contributed by atoms with Crippen molar-refractivity contribution >= 4 is 5.91 Å².